The van der Waals surface area contributed by atoms with Gasteiger partial charge in [0.1, 0.15) is 0 Å². The van der Waals surface area contributed by atoms with Crippen molar-refractivity contribution >= 4 is 22.4 Å². The Morgan fingerprint density at radius 3 is 2.19 bits per heavy atom. The third kappa shape index (κ3) is 3.82. The fraction of sp³-hybridized carbons (Fsp3) is 0.133. The molecule has 1 atom stereocenters. The SMILES string of the molecule is C/C(=N\S(=O)c1ccc(C)cc1)c1ccc([N+](=O)[O-])cc1. The maximum absolute atomic E-state index is 12.1. The third-order valence-electron chi connectivity index (χ3n) is 2.94. The minimum atomic E-state index is -1.48. The van der Waals surface area contributed by atoms with E-state index in [2.05, 4.69) is 4.40 Å². The van der Waals surface area contributed by atoms with Crippen molar-refractivity contribution in [1.82, 2.24) is 0 Å². The van der Waals surface area contributed by atoms with Crippen molar-refractivity contribution in [2.24, 2.45) is 4.40 Å². The van der Waals surface area contributed by atoms with Crippen molar-refractivity contribution in [3.63, 3.8) is 0 Å². The zero-order valence-corrected chi connectivity index (χ0v) is 12.5. The van der Waals surface area contributed by atoms with E-state index in [4.69, 9.17) is 0 Å². The van der Waals surface area contributed by atoms with Crippen LogP contribution in [0.5, 0.6) is 0 Å². The summed E-state index contributed by atoms with van der Waals surface area (Å²) in [5.74, 6) is 0. The number of hydrogen-bond donors (Lipinski definition) is 0. The van der Waals surface area contributed by atoms with Crippen LogP contribution in [-0.4, -0.2) is 14.8 Å². The second-order valence-corrected chi connectivity index (χ2v) is 5.70. The summed E-state index contributed by atoms with van der Waals surface area (Å²) in [5, 5.41) is 10.6. The van der Waals surface area contributed by atoms with Crippen molar-refractivity contribution in [2.75, 3.05) is 0 Å². The average Bonchev–Trinajstić information content (AvgIpc) is 2.47. The van der Waals surface area contributed by atoms with Gasteiger partial charge in [0.05, 0.1) is 15.5 Å². The zero-order chi connectivity index (χ0) is 15.4. The summed E-state index contributed by atoms with van der Waals surface area (Å²) in [6.07, 6.45) is 0. The van der Waals surface area contributed by atoms with Gasteiger partial charge in [-0.05, 0) is 43.7 Å². The van der Waals surface area contributed by atoms with Crippen molar-refractivity contribution in [3.05, 3.63) is 69.8 Å². The Labute approximate surface area is 125 Å². The number of benzene rings is 2. The van der Waals surface area contributed by atoms with Gasteiger partial charge in [0, 0.05) is 12.1 Å². The molecule has 5 nitrogen and oxygen atoms in total. The van der Waals surface area contributed by atoms with Gasteiger partial charge in [-0.15, -0.1) is 0 Å². The molecule has 0 bridgehead atoms. The summed E-state index contributed by atoms with van der Waals surface area (Å²) in [6.45, 7) is 3.69. The summed E-state index contributed by atoms with van der Waals surface area (Å²) in [4.78, 5) is 10.8. The molecule has 0 N–H and O–H groups in total. The van der Waals surface area contributed by atoms with E-state index >= 15 is 0 Å². The lowest BCUT2D eigenvalue weighted by molar-refractivity contribution is -0.384. The molecule has 0 saturated carbocycles. The van der Waals surface area contributed by atoms with Gasteiger partial charge in [0.25, 0.3) is 5.69 Å². The molecule has 21 heavy (non-hydrogen) atoms. The van der Waals surface area contributed by atoms with E-state index in [0.717, 1.165) is 5.56 Å². The predicted molar refractivity (Wildman–Crippen MR) is 82.9 cm³/mol. The quantitative estimate of drug-likeness (QED) is 0.493. The summed E-state index contributed by atoms with van der Waals surface area (Å²) >= 11 is 0. The van der Waals surface area contributed by atoms with E-state index in [9.17, 15) is 14.3 Å². The summed E-state index contributed by atoms with van der Waals surface area (Å²) in [6, 6.07) is 13.3. The molecule has 2 aromatic rings. The summed E-state index contributed by atoms with van der Waals surface area (Å²) in [5.41, 5.74) is 2.39. The molecule has 108 valence electrons. The lowest BCUT2D eigenvalue weighted by Crippen LogP contribution is -1.98. The highest BCUT2D eigenvalue weighted by molar-refractivity contribution is 7.83. The Kier molecular flexibility index (Phi) is 4.59. The molecule has 0 aliphatic heterocycles. The van der Waals surface area contributed by atoms with Crippen LogP contribution in [0.15, 0.2) is 57.8 Å². The van der Waals surface area contributed by atoms with Crippen molar-refractivity contribution in [2.45, 2.75) is 18.7 Å². The van der Waals surface area contributed by atoms with E-state index < -0.39 is 15.9 Å². The van der Waals surface area contributed by atoms with E-state index in [1.807, 2.05) is 19.1 Å². The van der Waals surface area contributed by atoms with Crippen LogP contribution < -0.4 is 0 Å². The summed E-state index contributed by atoms with van der Waals surface area (Å²) in [7, 11) is -1.48. The number of nitro benzene ring substituents is 1. The number of hydrogen-bond acceptors (Lipinski definition) is 3. The second kappa shape index (κ2) is 6.41. The zero-order valence-electron chi connectivity index (χ0n) is 11.6. The third-order valence-corrected chi connectivity index (χ3v) is 4.05. The molecule has 0 heterocycles. The second-order valence-electron chi connectivity index (χ2n) is 4.54. The molecule has 0 amide bonds. The molecular weight excluding hydrogens is 288 g/mol. The van der Waals surface area contributed by atoms with Gasteiger partial charge in [0.15, 0.2) is 11.0 Å². The maximum Gasteiger partial charge on any atom is 0.269 e. The van der Waals surface area contributed by atoms with E-state index in [1.165, 1.54) is 12.1 Å². The molecule has 2 rings (SSSR count). The number of nitro groups is 1. The highest BCUT2D eigenvalue weighted by Gasteiger charge is 2.07. The lowest BCUT2D eigenvalue weighted by atomic mass is 10.1. The highest BCUT2D eigenvalue weighted by atomic mass is 32.2. The standard InChI is InChI=1S/C15H14N2O3S/c1-11-3-9-15(10-4-11)21(20)16-12(2)13-5-7-14(8-6-13)17(18)19/h3-10H,1-2H3/b16-12+. The Bertz CT molecular complexity index is 707. The first kappa shape index (κ1) is 15.1. The van der Waals surface area contributed by atoms with Crippen LogP contribution in [0.3, 0.4) is 0 Å². The maximum atomic E-state index is 12.1. The van der Waals surface area contributed by atoms with Gasteiger partial charge in [-0.1, -0.05) is 17.7 Å². The van der Waals surface area contributed by atoms with Crippen molar-refractivity contribution in [1.29, 1.82) is 0 Å². The van der Waals surface area contributed by atoms with Crippen LogP contribution >= 0.6 is 0 Å². The van der Waals surface area contributed by atoms with Gasteiger partial charge >= 0.3 is 0 Å². The van der Waals surface area contributed by atoms with E-state index in [-0.39, 0.29) is 5.69 Å². The largest absolute Gasteiger partial charge is 0.269 e. The predicted octanol–water partition coefficient (Wildman–Crippen LogP) is 3.44. The minimum absolute atomic E-state index is 0.0196. The Morgan fingerprint density at radius 1 is 1.10 bits per heavy atom. The Hall–Kier alpha value is -2.34. The number of non-ortho nitro benzene ring substituents is 1. The van der Waals surface area contributed by atoms with Gasteiger partial charge in [-0.2, -0.15) is 4.40 Å². The number of aryl methyl sites for hydroxylation is 1. The number of rotatable bonds is 4. The van der Waals surface area contributed by atoms with Crippen LogP contribution in [-0.2, 0) is 11.0 Å². The van der Waals surface area contributed by atoms with Crippen molar-refractivity contribution in [3.8, 4) is 0 Å². The fourth-order valence-corrected chi connectivity index (χ4v) is 2.54. The lowest BCUT2D eigenvalue weighted by Gasteiger charge is -2.02. The minimum Gasteiger partial charge on any atom is -0.258 e. The molecule has 2 aromatic carbocycles. The van der Waals surface area contributed by atoms with Gasteiger partial charge in [-0.3, -0.25) is 10.1 Å². The monoisotopic (exact) mass is 302 g/mol. The van der Waals surface area contributed by atoms with Gasteiger partial charge in [0.2, 0.25) is 0 Å². The van der Waals surface area contributed by atoms with Crippen LogP contribution in [0, 0.1) is 17.0 Å². The normalized spacial score (nSPS) is 13.0. The molecule has 1 unspecified atom stereocenters. The van der Waals surface area contributed by atoms with Crippen LogP contribution in [0.1, 0.15) is 18.1 Å². The first-order valence-corrected chi connectivity index (χ1v) is 7.37. The smallest absolute Gasteiger partial charge is 0.258 e. The average molecular weight is 302 g/mol. The van der Waals surface area contributed by atoms with Crippen LogP contribution in [0.25, 0.3) is 0 Å². The van der Waals surface area contributed by atoms with Crippen molar-refractivity contribution < 1.29 is 9.13 Å². The molecule has 0 aliphatic carbocycles. The van der Waals surface area contributed by atoms with Gasteiger partial charge < -0.3 is 0 Å². The van der Waals surface area contributed by atoms with Crippen LogP contribution in [0.2, 0.25) is 0 Å². The first-order valence-electron chi connectivity index (χ1n) is 6.26. The Balaban J connectivity index is 2.21. The van der Waals surface area contributed by atoms with E-state index in [0.29, 0.717) is 16.2 Å². The molecule has 0 spiro atoms. The molecular formula is C15H14N2O3S. The molecule has 0 saturated heterocycles. The molecule has 0 aliphatic rings. The first-order chi connectivity index (χ1) is 9.97. The molecule has 0 fully saturated rings. The Morgan fingerprint density at radius 2 is 1.67 bits per heavy atom. The molecule has 0 radical (unpaired) electrons. The van der Waals surface area contributed by atoms with Crippen LogP contribution in [0.4, 0.5) is 5.69 Å². The highest BCUT2D eigenvalue weighted by Crippen LogP contribution is 2.14. The summed E-state index contributed by atoms with van der Waals surface area (Å²) < 4.78 is 16.3. The molecule has 0 aromatic heterocycles. The molecule has 6 heteroatoms. The van der Waals surface area contributed by atoms with E-state index in [1.54, 1.807) is 31.2 Å². The number of nitrogens with zero attached hydrogens (tertiary/aromatic N) is 2. The fourth-order valence-electron chi connectivity index (χ4n) is 1.71. The topological polar surface area (TPSA) is 72.6 Å². The van der Waals surface area contributed by atoms with Gasteiger partial charge in [-0.25, -0.2) is 4.21 Å².